The lowest BCUT2D eigenvalue weighted by Gasteiger charge is -2.20. The summed E-state index contributed by atoms with van der Waals surface area (Å²) in [7, 11) is 0. The fraction of sp³-hybridized carbons (Fsp3) is 0.421. The van der Waals surface area contributed by atoms with Gasteiger partial charge in [-0.15, -0.1) is 11.3 Å². The molecular formula is C19H26N2OS. The number of anilines is 1. The minimum atomic E-state index is 0.0173. The zero-order valence-electron chi connectivity index (χ0n) is 14.6. The molecule has 0 bridgehead atoms. The molecule has 1 aromatic heterocycles. The van der Waals surface area contributed by atoms with Gasteiger partial charge in [-0.2, -0.15) is 0 Å². The maximum absolute atomic E-state index is 12.8. The van der Waals surface area contributed by atoms with E-state index in [1.165, 1.54) is 16.9 Å². The molecule has 0 unspecified atom stereocenters. The average Bonchev–Trinajstić information content (AvgIpc) is 2.89. The lowest BCUT2D eigenvalue weighted by Crippen LogP contribution is -2.31. The van der Waals surface area contributed by atoms with E-state index in [-0.39, 0.29) is 11.3 Å². The summed E-state index contributed by atoms with van der Waals surface area (Å²) >= 11 is 1.43. The van der Waals surface area contributed by atoms with Gasteiger partial charge in [0, 0.05) is 24.0 Å². The normalized spacial score (nSPS) is 11.5. The number of carbonyl (C=O) groups excluding carboxylic acids is 1. The van der Waals surface area contributed by atoms with Crippen molar-refractivity contribution in [3.63, 3.8) is 0 Å². The molecule has 23 heavy (non-hydrogen) atoms. The molecule has 1 amide bonds. The van der Waals surface area contributed by atoms with E-state index in [1.54, 1.807) is 0 Å². The van der Waals surface area contributed by atoms with Crippen molar-refractivity contribution in [1.29, 1.82) is 0 Å². The van der Waals surface area contributed by atoms with E-state index in [4.69, 9.17) is 5.73 Å². The van der Waals surface area contributed by atoms with Crippen LogP contribution in [-0.4, -0.2) is 23.9 Å². The number of amides is 1. The van der Waals surface area contributed by atoms with E-state index in [2.05, 4.69) is 45.0 Å². The van der Waals surface area contributed by atoms with E-state index in [0.29, 0.717) is 23.7 Å². The minimum Gasteiger partial charge on any atom is -0.390 e. The van der Waals surface area contributed by atoms with Gasteiger partial charge in [-0.05, 0) is 30.4 Å². The Bertz CT molecular complexity index is 676. The first-order valence-electron chi connectivity index (χ1n) is 8.06. The lowest BCUT2D eigenvalue weighted by molar-refractivity contribution is 0.0775. The summed E-state index contributed by atoms with van der Waals surface area (Å²) < 4.78 is 0. The fourth-order valence-electron chi connectivity index (χ4n) is 2.62. The first-order chi connectivity index (χ1) is 10.8. The molecule has 0 fully saturated rings. The van der Waals surface area contributed by atoms with Crippen LogP contribution in [0.2, 0.25) is 0 Å². The Kier molecular flexibility index (Phi) is 5.15. The molecule has 2 rings (SSSR count). The van der Waals surface area contributed by atoms with Crippen LogP contribution in [0.15, 0.2) is 29.6 Å². The second-order valence-corrected chi connectivity index (χ2v) is 7.60. The topological polar surface area (TPSA) is 46.3 Å². The van der Waals surface area contributed by atoms with Gasteiger partial charge in [0.1, 0.15) is 0 Å². The van der Waals surface area contributed by atoms with Crippen molar-refractivity contribution in [1.82, 2.24) is 4.90 Å². The van der Waals surface area contributed by atoms with Crippen LogP contribution in [0, 0.1) is 0 Å². The Labute approximate surface area is 143 Å². The van der Waals surface area contributed by atoms with E-state index in [1.807, 2.05) is 24.1 Å². The molecule has 0 saturated carbocycles. The molecule has 4 heteroatoms. The number of hydrogen-bond acceptors (Lipinski definition) is 3. The first kappa shape index (κ1) is 17.5. The van der Waals surface area contributed by atoms with Crippen molar-refractivity contribution in [2.24, 2.45) is 0 Å². The molecule has 124 valence electrons. The van der Waals surface area contributed by atoms with Crippen LogP contribution in [0.3, 0.4) is 0 Å². The van der Waals surface area contributed by atoms with E-state index in [9.17, 15) is 4.79 Å². The highest BCUT2D eigenvalue weighted by Crippen LogP contribution is 2.35. The van der Waals surface area contributed by atoms with Crippen molar-refractivity contribution in [2.75, 3.05) is 18.8 Å². The van der Waals surface area contributed by atoms with E-state index < -0.39 is 0 Å². The molecule has 0 spiro atoms. The van der Waals surface area contributed by atoms with Crippen molar-refractivity contribution in [3.05, 3.63) is 40.8 Å². The molecule has 0 atom stereocenters. The summed E-state index contributed by atoms with van der Waals surface area (Å²) in [6.07, 6.45) is 0. The van der Waals surface area contributed by atoms with Crippen LogP contribution >= 0.6 is 11.3 Å². The predicted molar refractivity (Wildman–Crippen MR) is 100 cm³/mol. The van der Waals surface area contributed by atoms with Crippen LogP contribution in [0.25, 0.3) is 11.1 Å². The van der Waals surface area contributed by atoms with Crippen molar-refractivity contribution >= 4 is 22.2 Å². The van der Waals surface area contributed by atoms with Gasteiger partial charge in [-0.1, -0.05) is 45.0 Å². The number of carbonyl (C=O) groups is 1. The molecule has 0 radical (unpaired) electrons. The van der Waals surface area contributed by atoms with Crippen LogP contribution in [0.1, 0.15) is 50.5 Å². The van der Waals surface area contributed by atoms with Gasteiger partial charge < -0.3 is 10.6 Å². The number of thiophene rings is 1. The number of benzene rings is 1. The summed E-state index contributed by atoms with van der Waals surface area (Å²) in [5, 5.41) is 2.58. The molecule has 3 nitrogen and oxygen atoms in total. The maximum Gasteiger partial charge on any atom is 0.257 e. The molecule has 1 heterocycles. The Hall–Kier alpha value is -1.81. The van der Waals surface area contributed by atoms with Gasteiger partial charge in [-0.3, -0.25) is 4.79 Å². The highest BCUT2D eigenvalue weighted by molar-refractivity contribution is 7.15. The summed E-state index contributed by atoms with van der Waals surface area (Å²) in [6, 6.07) is 8.44. The smallest absolute Gasteiger partial charge is 0.257 e. The summed E-state index contributed by atoms with van der Waals surface area (Å²) in [5.74, 6) is 0.0173. The van der Waals surface area contributed by atoms with Gasteiger partial charge in [0.25, 0.3) is 5.91 Å². The van der Waals surface area contributed by atoms with Crippen molar-refractivity contribution in [3.8, 4) is 11.1 Å². The number of hydrogen-bond donors (Lipinski definition) is 1. The molecule has 2 aromatic rings. The maximum atomic E-state index is 12.8. The predicted octanol–water partition coefficient (Wildman–Crippen LogP) is 4.78. The second-order valence-electron chi connectivity index (χ2n) is 6.69. The van der Waals surface area contributed by atoms with Crippen molar-refractivity contribution < 1.29 is 4.79 Å². The average molecular weight is 330 g/mol. The molecule has 1 aromatic carbocycles. The largest absolute Gasteiger partial charge is 0.390 e. The zero-order valence-corrected chi connectivity index (χ0v) is 15.5. The minimum absolute atomic E-state index is 0.0173. The van der Waals surface area contributed by atoms with Gasteiger partial charge in [0.2, 0.25) is 0 Å². The highest BCUT2D eigenvalue weighted by Gasteiger charge is 2.22. The van der Waals surface area contributed by atoms with E-state index in [0.717, 1.165) is 11.1 Å². The Morgan fingerprint density at radius 3 is 2.17 bits per heavy atom. The van der Waals surface area contributed by atoms with Gasteiger partial charge in [0.05, 0.1) is 10.6 Å². The number of nitrogen functional groups attached to an aromatic ring is 1. The highest BCUT2D eigenvalue weighted by atomic mass is 32.1. The van der Waals surface area contributed by atoms with Crippen LogP contribution < -0.4 is 5.73 Å². The first-order valence-corrected chi connectivity index (χ1v) is 8.94. The molecule has 0 aliphatic rings. The Balaban J connectivity index is 2.44. The zero-order chi connectivity index (χ0) is 17.2. The molecule has 0 saturated heterocycles. The quantitative estimate of drug-likeness (QED) is 0.877. The third-order valence-electron chi connectivity index (χ3n) is 4.15. The van der Waals surface area contributed by atoms with Gasteiger partial charge in [0.15, 0.2) is 0 Å². The number of nitrogens with zero attached hydrogens (tertiary/aromatic N) is 1. The second kappa shape index (κ2) is 6.75. The summed E-state index contributed by atoms with van der Waals surface area (Å²) in [6.45, 7) is 11.9. The molecule has 0 aliphatic heterocycles. The molecular weight excluding hydrogens is 304 g/mol. The molecule has 2 N–H and O–H groups in total. The van der Waals surface area contributed by atoms with Gasteiger partial charge in [-0.25, -0.2) is 0 Å². The van der Waals surface area contributed by atoms with Gasteiger partial charge >= 0.3 is 0 Å². The lowest BCUT2D eigenvalue weighted by atomic mass is 9.86. The SMILES string of the molecule is CCN(CC)C(=O)c1c(-c2ccc(C(C)(C)C)cc2)csc1N. The standard InChI is InChI=1S/C19H26N2OS/c1-6-21(7-2)18(22)16-15(12-23-17(16)20)13-8-10-14(11-9-13)19(3,4)5/h8-12H,6-7,20H2,1-5H3. The van der Waals surface area contributed by atoms with E-state index >= 15 is 0 Å². The monoisotopic (exact) mass is 330 g/mol. The summed E-state index contributed by atoms with van der Waals surface area (Å²) in [4.78, 5) is 14.6. The number of nitrogens with two attached hydrogens (primary N) is 1. The van der Waals surface area contributed by atoms with Crippen molar-refractivity contribution in [2.45, 2.75) is 40.0 Å². The Morgan fingerprint density at radius 2 is 1.70 bits per heavy atom. The third-order valence-corrected chi connectivity index (χ3v) is 4.96. The summed E-state index contributed by atoms with van der Waals surface area (Å²) in [5.41, 5.74) is 10.1. The van der Waals surface area contributed by atoms with Crippen LogP contribution in [0.5, 0.6) is 0 Å². The van der Waals surface area contributed by atoms with Crippen LogP contribution in [0.4, 0.5) is 5.00 Å². The number of rotatable bonds is 4. The fourth-order valence-corrected chi connectivity index (χ4v) is 3.44. The molecule has 0 aliphatic carbocycles. The Morgan fingerprint density at radius 1 is 1.13 bits per heavy atom. The van der Waals surface area contributed by atoms with Crippen LogP contribution in [-0.2, 0) is 5.41 Å². The third kappa shape index (κ3) is 3.58.